The highest BCUT2D eigenvalue weighted by Gasteiger charge is 2.31. The SMILES string of the molecule is C#CCN(C)C(=O)C1CCCC1C. The summed E-state index contributed by atoms with van der Waals surface area (Å²) >= 11 is 0. The smallest absolute Gasteiger partial charge is 0.226 e. The molecule has 0 heterocycles. The molecule has 0 aromatic rings. The van der Waals surface area contributed by atoms with Crippen molar-refractivity contribution in [3.8, 4) is 12.3 Å². The number of amides is 1. The Balaban J connectivity index is 2.52. The van der Waals surface area contributed by atoms with E-state index in [0.717, 1.165) is 6.42 Å². The average molecular weight is 179 g/mol. The van der Waals surface area contributed by atoms with Crippen LogP contribution in [0.15, 0.2) is 0 Å². The van der Waals surface area contributed by atoms with Crippen LogP contribution in [0.1, 0.15) is 26.2 Å². The molecular formula is C11H17NO. The fraction of sp³-hybridized carbons (Fsp3) is 0.727. The van der Waals surface area contributed by atoms with Gasteiger partial charge in [-0.05, 0) is 18.8 Å². The van der Waals surface area contributed by atoms with E-state index in [2.05, 4.69) is 12.8 Å². The quantitative estimate of drug-likeness (QED) is 0.588. The first-order valence-corrected chi connectivity index (χ1v) is 4.85. The summed E-state index contributed by atoms with van der Waals surface area (Å²) in [5, 5.41) is 0. The minimum Gasteiger partial charge on any atom is -0.334 e. The highest BCUT2D eigenvalue weighted by molar-refractivity contribution is 5.79. The minimum absolute atomic E-state index is 0.221. The van der Waals surface area contributed by atoms with Gasteiger partial charge in [0.15, 0.2) is 0 Å². The Kier molecular flexibility index (Phi) is 3.36. The van der Waals surface area contributed by atoms with E-state index in [1.54, 1.807) is 11.9 Å². The first kappa shape index (κ1) is 10.1. The maximum Gasteiger partial charge on any atom is 0.226 e. The van der Waals surface area contributed by atoms with Crippen molar-refractivity contribution in [3.05, 3.63) is 0 Å². The molecule has 0 bridgehead atoms. The molecule has 72 valence electrons. The van der Waals surface area contributed by atoms with Crippen molar-refractivity contribution < 1.29 is 4.79 Å². The molecule has 2 unspecified atom stereocenters. The summed E-state index contributed by atoms with van der Waals surface area (Å²) in [4.78, 5) is 13.4. The van der Waals surface area contributed by atoms with Crippen molar-refractivity contribution in [1.29, 1.82) is 0 Å². The normalized spacial score (nSPS) is 26.8. The minimum atomic E-state index is 0.221. The van der Waals surface area contributed by atoms with Crippen LogP contribution in [0.3, 0.4) is 0 Å². The van der Waals surface area contributed by atoms with Gasteiger partial charge in [0.05, 0.1) is 6.54 Å². The Morgan fingerprint density at radius 1 is 1.62 bits per heavy atom. The van der Waals surface area contributed by atoms with Gasteiger partial charge >= 0.3 is 0 Å². The highest BCUT2D eigenvalue weighted by Crippen LogP contribution is 2.32. The van der Waals surface area contributed by atoms with Crippen LogP contribution in [-0.4, -0.2) is 24.4 Å². The lowest BCUT2D eigenvalue weighted by molar-refractivity contribution is -0.134. The summed E-state index contributed by atoms with van der Waals surface area (Å²) in [5.41, 5.74) is 0. The van der Waals surface area contributed by atoms with E-state index < -0.39 is 0 Å². The second-order valence-corrected chi connectivity index (χ2v) is 3.91. The van der Waals surface area contributed by atoms with E-state index in [1.165, 1.54) is 12.8 Å². The first-order chi connectivity index (χ1) is 6.16. The lowest BCUT2D eigenvalue weighted by Gasteiger charge is -2.21. The molecule has 0 aromatic carbocycles. The maximum absolute atomic E-state index is 11.8. The predicted molar refractivity (Wildman–Crippen MR) is 53.0 cm³/mol. The van der Waals surface area contributed by atoms with Crippen LogP contribution >= 0.6 is 0 Å². The Hall–Kier alpha value is -0.970. The van der Waals surface area contributed by atoms with Crippen molar-refractivity contribution in [2.45, 2.75) is 26.2 Å². The van der Waals surface area contributed by atoms with Crippen molar-refractivity contribution >= 4 is 5.91 Å². The second-order valence-electron chi connectivity index (χ2n) is 3.91. The van der Waals surface area contributed by atoms with Gasteiger partial charge in [0.25, 0.3) is 0 Å². The van der Waals surface area contributed by atoms with Crippen LogP contribution in [0.25, 0.3) is 0 Å². The Morgan fingerprint density at radius 3 is 2.77 bits per heavy atom. The zero-order valence-corrected chi connectivity index (χ0v) is 8.42. The van der Waals surface area contributed by atoms with Gasteiger partial charge in [-0.1, -0.05) is 19.3 Å². The topological polar surface area (TPSA) is 20.3 Å². The Labute approximate surface area is 80.3 Å². The third kappa shape index (κ3) is 2.24. The largest absolute Gasteiger partial charge is 0.334 e. The molecule has 0 saturated heterocycles. The second kappa shape index (κ2) is 4.32. The number of carbonyl (C=O) groups excluding carboxylic acids is 1. The molecule has 0 radical (unpaired) electrons. The Morgan fingerprint density at radius 2 is 2.31 bits per heavy atom. The van der Waals surface area contributed by atoms with Crippen molar-refractivity contribution in [2.24, 2.45) is 11.8 Å². The van der Waals surface area contributed by atoms with E-state index in [9.17, 15) is 4.79 Å². The highest BCUT2D eigenvalue weighted by atomic mass is 16.2. The predicted octanol–water partition coefficient (Wildman–Crippen LogP) is 1.51. The molecule has 13 heavy (non-hydrogen) atoms. The van der Waals surface area contributed by atoms with Crippen molar-refractivity contribution in [3.63, 3.8) is 0 Å². The third-order valence-electron chi connectivity index (χ3n) is 2.88. The number of hydrogen-bond acceptors (Lipinski definition) is 1. The molecule has 1 amide bonds. The van der Waals surface area contributed by atoms with Crippen LogP contribution in [0.5, 0.6) is 0 Å². The number of terminal acetylenes is 1. The standard InChI is InChI=1S/C11H17NO/c1-4-8-12(3)11(13)10-7-5-6-9(10)2/h1,9-10H,5-8H2,2-3H3. The monoisotopic (exact) mass is 179 g/mol. The van der Waals surface area contributed by atoms with Crippen LogP contribution in [0.2, 0.25) is 0 Å². The number of hydrogen-bond donors (Lipinski definition) is 0. The van der Waals surface area contributed by atoms with E-state index in [0.29, 0.717) is 12.5 Å². The molecule has 1 rings (SSSR count). The average Bonchev–Trinajstić information content (AvgIpc) is 2.50. The first-order valence-electron chi connectivity index (χ1n) is 4.85. The van der Waals surface area contributed by atoms with Crippen molar-refractivity contribution in [2.75, 3.05) is 13.6 Å². The van der Waals surface area contributed by atoms with E-state index in [-0.39, 0.29) is 11.8 Å². The van der Waals surface area contributed by atoms with Gasteiger partial charge in [-0.25, -0.2) is 0 Å². The maximum atomic E-state index is 11.8. The van der Waals surface area contributed by atoms with Gasteiger partial charge < -0.3 is 4.90 Å². The van der Waals surface area contributed by atoms with Gasteiger partial charge in [-0.2, -0.15) is 0 Å². The van der Waals surface area contributed by atoms with Crippen LogP contribution in [-0.2, 0) is 4.79 Å². The summed E-state index contributed by atoms with van der Waals surface area (Å²) in [6, 6.07) is 0. The molecule has 1 saturated carbocycles. The number of nitrogens with zero attached hydrogens (tertiary/aromatic N) is 1. The third-order valence-corrected chi connectivity index (χ3v) is 2.88. The lowest BCUT2D eigenvalue weighted by atomic mass is 9.97. The molecular weight excluding hydrogens is 162 g/mol. The zero-order valence-electron chi connectivity index (χ0n) is 8.42. The fourth-order valence-corrected chi connectivity index (χ4v) is 2.01. The van der Waals surface area contributed by atoms with Gasteiger partial charge in [-0.3, -0.25) is 4.79 Å². The van der Waals surface area contributed by atoms with E-state index >= 15 is 0 Å². The van der Waals surface area contributed by atoms with Gasteiger partial charge in [0.2, 0.25) is 5.91 Å². The molecule has 1 aliphatic carbocycles. The van der Waals surface area contributed by atoms with Crippen LogP contribution in [0, 0.1) is 24.2 Å². The van der Waals surface area contributed by atoms with Gasteiger partial charge in [0.1, 0.15) is 0 Å². The summed E-state index contributed by atoms with van der Waals surface area (Å²) in [6.45, 7) is 2.58. The molecule has 2 atom stereocenters. The zero-order chi connectivity index (χ0) is 9.84. The van der Waals surface area contributed by atoms with Gasteiger partial charge in [-0.15, -0.1) is 6.42 Å². The summed E-state index contributed by atoms with van der Waals surface area (Å²) in [6.07, 6.45) is 8.56. The van der Waals surface area contributed by atoms with Crippen LogP contribution in [0.4, 0.5) is 0 Å². The summed E-state index contributed by atoms with van der Waals surface area (Å²) in [7, 11) is 1.78. The fourth-order valence-electron chi connectivity index (χ4n) is 2.01. The molecule has 0 aliphatic heterocycles. The molecule has 0 spiro atoms. The van der Waals surface area contributed by atoms with Crippen molar-refractivity contribution in [1.82, 2.24) is 4.90 Å². The summed E-state index contributed by atoms with van der Waals surface area (Å²) < 4.78 is 0. The van der Waals surface area contributed by atoms with Gasteiger partial charge in [0, 0.05) is 13.0 Å². The Bertz CT molecular complexity index is 229. The molecule has 1 aliphatic rings. The van der Waals surface area contributed by atoms with E-state index in [4.69, 9.17) is 6.42 Å². The molecule has 1 fully saturated rings. The molecule has 0 aromatic heterocycles. The molecule has 2 heteroatoms. The number of carbonyl (C=O) groups is 1. The van der Waals surface area contributed by atoms with E-state index in [1.807, 2.05) is 0 Å². The lowest BCUT2D eigenvalue weighted by Crippen LogP contribution is -2.34. The molecule has 2 nitrogen and oxygen atoms in total. The van der Waals surface area contributed by atoms with Crippen LogP contribution < -0.4 is 0 Å². The molecule has 0 N–H and O–H groups in total. The number of rotatable bonds is 2. The summed E-state index contributed by atoms with van der Waals surface area (Å²) in [5.74, 6) is 3.47.